The molecular formula is C23H38N4O5S2. The van der Waals surface area contributed by atoms with E-state index < -0.39 is 21.2 Å². The van der Waals surface area contributed by atoms with Crippen molar-refractivity contribution in [2.24, 2.45) is 11.8 Å². The topological polar surface area (TPSA) is 108 Å². The van der Waals surface area contributed by atoms with E-state index in [1.54, 1.807) is 0 Å². The fourth-order valence-electron chi connectivity index (χ4n) is 5.95. The highest BCUT2D eigenvalue weighted by Gasteiger charge is 2.52. The third-order valence-electron chi connectivity index (χ3n) is 8.29. The summed E-state index contributed by atoms with van der Waals surface area (Å²) < 4.78 is 29.2. The highest BCUT2D eigenvalue weighted by molar-refractivity contribution is 7.99. The molecule has 5 unspecified atom stereocenters. The quantitative estimate of drug-likeness (QED) is 0.536. The van der Waals surface area contributed by atoms with Gasteiger partial charge in [0.2, 0.25) is 15.9 Å². The van der Waals surface area contributed by atoms with Gasteiger partial charge in [-0.05, 0) is 82.6 Å². The Bertz CT molecular complexity index is 905. The van der Waals surface area contributed by atoms with Gasteiger partial charge >= 0.3 is 6.03 Å². The summed E-state index contributed by atoms with van der Waals surface area (Å²) >= 11 is 1.95. The molecule has 9 nitrogen and oxygen atoms in total. The van der Waals surface area contributed by atoms with Crippen molar-refractivity contribution in [3.63, 3.8) is 0 Å². The first-order valence-electron chi connectivity index (χ1n) is 12.8. The number of nitrogens with one attached hydrogen (secondary N) is 2. The van der Waals surface area contributed by atoms with Crippen molar-refractivity contribution in [3.8, 4) is 0 Å². The molecule has 2 N–H and O–H groups in total. The Morgan fingerprint density at radius 3 is 2.50 bits per heavy atom. The molecule has 0 spiro atoms. The van der Waals surface area contributed by atoms with E-state index >= 15 is 0 Å². The Labute approximate surface area is 207 Å². The van der Waals surface area contributed by atoms with Crippen LogP contribution in [-0.4, -0.2) is 83.7 Å². The monoisotopic (exact) mass is 514 g/mol. The first-order chi connectivity index (χ1) is 16.2. The number of thioether (sulfide) groups is 1. The van der Waals surface area contributed by atoms with Gasteiger partial charge < -0.3 is 4.90 Å². The molecule has 2 saturated carbocycles. The lowest BCUT2D eigenvalue weighted by molar-refractivity contribution is -0.142. The summed E-state index contributed by atoms with van der Waals surface area (Å²) in [5.74, 6) is 1.93. The van der Waals surface area contributed by atoms with Gasteiger partial charge in [-0.25, -0.2) is 17.9 Å². The maximum absolute atomic E-state index is 13.6. The van der Waals surface area contributed by atoms with Gasteiger partial charge in [0, 0.05) is 24.2 Å². The van der Waals surface area contributed by atoms with Gasteiger partial charge in [-0.3, -0.25) is 14.5 Å². The number of imide groups is 1. The summed E-state index contributed by atoms with van der Waals surface area (Å²) in [6.45, 7) is 4.80. The van der Waals surface area contributed by atoms with Crippen LogP contribution in [0.3, 0.4) is 0 Å². The van der Waals surface area contributed by atoms with Crippen LogP contribution in [-0.2, 0) is 19.7 Å². The van der Waals surface area contributed by atoms with Crippen molar-refractivity contribution in [1.29, 1.82) is 0 Å². The van der Waals surface area contributed by atoms with E-state index in [2.05, 4.69) is 10.2 Å². The second-order valence-electron chi connectivity index (χ2n) is 11.3. The first kappa shape index (κ1) is 24.8. The second kappa shape index (κ2) is 9.53. The van der Waals surface area contributed by atoms with Crippen molar-refractivity contribution < 1.29 is 22.8 Å². The second-order valence-corrected chi connectivity index (χ2v) is 14.4. The lowest BCUT2D eigenvalue weighted by atomic mass is 9.80. The molecule has 0 radical (unpaired) electrons. The smallest absolute Gasteiger partial charge is 0.320 e. The van der Waals surface area contributed by atoms with Crippen LogP contribution in [0.5, 0.6) is 0 Å². The lowest BCUT2D eigenvalue weighted by Gasteiger charge is -2.49. The Balaban J connectivity index is 1.36. The number of sulfonamides is 1. The highest BCUT2D eigenvalue weighted by Crippen LogP contribution is 2.41. The van der Waals surface area contributed by atoms with Crippen molar-refractivity contribution in [1.82, 2.24) is 20.0 Å². The average Bonchev–Trinajstić information content (AvgIpc) is 3.37. The maximum Gasteiger partial charge on any atom is 0.327 e. The van der Waals surface area contributed by atoms with E-state index in [0.29, 0.717) is 25.3 Å². The van der Waals surface area contributed by atoms with Crippen LogP contribution in [0.4, 0.5) is 4.79 Å². The zero-order chi connectivity index (χ0) is 24.1. The molecule has 0 aromatic carbocycles. The van der Waals surface area contributed by atoms with Crippen molar-refractivity contribution >= 4 is 33.7 Å². The van der Waals surface area contributed by atoms with E-state index in [0.717, 1.165) is 43.6 Å². The van der Waals surface area contributed by atoms with E-state index in [-0.39, 0.29) is 48.6 Å². The number of hydrogen-bond acceptors (Lipinski definition) is 7. The SMILES string of the molecule is CC1CC(CN2C(=O)C3CC(S(=O)(=O)NC4(C)CC4)CCC3N(CC3CCSCC3)C2=O)ON1. The number of hydrogen-bond donors (Lipinski definition) is 2. The third-order valence-corrected chi connectivity index (χ3v) is 11.4. The Morgan fingerprint density at radius 2 is 1.85 bits per heavy atom. The number of rotatable bonds is 7. The van der Waals surface area contributed by atoms with Crippen molar-refractivity contribution in [2.45, 2.75) is 94.2 Å². The molecule has 11 heteroatoms. The summed E-state index contributed by atoms with van der Waals surface area (Å²) in [4.78, 5) is 36.1. The molecule has 3 saturated heterocycles. The Hall–Kier alpha value is -0.880. The van der Waals surface area contributed by atoms with Gasteiger partial charge in [0.15, 0.2) is 0 Å². The van der Waals surface area contributed by atoms with Gasteiger partial charge in [-0.2, -0.15) is 17.2 Å². The molecule has 34 heavy (non-hydrogen) atoms. The summed E-state index contributed by atoms with van der Waals surface area (Å²) in [6, 6.07) is -0.268. The van der Waals surface area contributed by atoms with Crippen LogP contribution in [0, 0.1) is 11.8 Å². The number of nitrogens with zero attached hydrogens (tertiary/aromatic N) is 2. The minimum atomic E-state index is -3.52. The molecule has 192 valence electrons. The lowest BCUT2D eigenvalue weighted by Crippen LogP contribution is -2.65. The summed E-state index contributed by atoms with van der Waals surface area (Å²) in [7, 11) is -3.52. The minimum Gasteiger partial charge on any atom is -0.320 e. The highest BCUT2D eigenvalue weighted by atomic mass is 32.2. The van der Waals surface area contributed by atoms with Gasteiger partial charge in [0.25, 0.3) is 0 Å². The maximum atomic E-state index is 13.6. The molecular weight excluding hydrogens is 476 g/mol. The van der Waals surface area contributed by atoms with E-state index in [1.165, 1.54) is 4.90 Å². The largest absolute Gasteiger partial charge is 0.327 e. The number of carbonyl (C=O) groups is 2. The van der Waals surface area contributed by atoms with Crippen LogP contribution in [0.15, 0.2) is 0 Å². The predicted molar refractivity (Wildman–Crippen MR) is 131 cm³/mol. The zero-order valence-corrected chi connectivity index (χ0v) is 21.8. The molecule has 3 heterocycles. The fourth-order valence-corrected chi connectivity index (χ4v) is 9.12. The molecule has 5 rings (SSSR count). The number of hydroxylamine groups is 1. The minimum absolute atomic E-state index is 0.169. The van der Waals surface area contributed by atoms with Crippen LogP contribution in [0.2, 0.25) is 0 Å². The number of amides is 3. The van der Waals surface area contributed by atoms with E-state index in [4.69, 9.17) is 4.84 Å². The fraction of sp³-hybridized carbons (Fsp3) is 0.913. The van der Waals surface area contributed by atoms with Crippen LogP contribution >= 0.6 is 11.8 Å². The summed E-state index contributed by atoms with van der Waals surface area (Å²) in [5.41, 5.74) is 2.59. The number of carbonyl (C=O) groups excluding carboxylic acids is 2. The normalized spacial score (nSPS) is 36.6. The molecule has 3 amide bonds. The summed E-state index contributed by atoms with van der Waals surface area (Å²) in [5, 5.41) is -0.595. The first-order valence-corrected chi connectivity index (χ1v) is 15.5. The molecule has 5 fully saturated rings. The van der Waals surface area contributed by atoms with E-state index in [1.807, 2.05) is 30.5 Å². The number of fused-ring (bicyclic) bond motifs is 1. The van der Waals surface area contributed by atoms with Crippen LogP contribution in [0.25, 0.3) is 0 Å². The van der Waals surface area contributed by atoms with Crippen LogP contribution < -0.4 is 10.2 Å². The van der Waals surface area contributed by atoms with Gasteiger partial charge in [-0.15, -0.1) is 0 Å². The van der Waals surface area contributed by atoms with Crippen molar-refractivity contribution in [3.05, 3.63) is 0 Å². The molecule has 5 aliphatic rings. The Morgan fingerprint density at radius 1 is 1.12 bits per heavy atom. The Kier molecular flexibility index (Phi) is 6.95. The number of urea groups is 1. The standard InChI is InChI=1S/C23H38N4O5S2/c1-15-11-17(32-24-15)14-27-21(28)19-12-18(34(30,31)25-23(2)7-8-23)3-4-20(19)26(22(27)29)13-16-5-9-33-10-6-16/h15-20,24-25H,3-14H2,1-2H3. The van der Waals surface area contributed by atoms with Gasteiger partial charge in [0.1, 0.15) is 0 Å². The molecule has 0 bridgehead atoms. The molecule has 3 aliphatic heterocycles. The van der Waals surface area contributed by atoms with Crippen LogP contribution in [0.1, 0.15) is 65.2 Å². The van der Waals surface area contributed by atoms with Crippen molar-refractivity contribution in [2.75, 3.05) is 24.6 Å². The predicted octanol–water partition coefficient (Wildman–Crippen LogP) is 2.09. The molecule has 2 aliphatic carbocycles. The molecule has 0 aromatic heterocycles. The average molecular weight is 515 g/mol. The third kappa shape index (κ3) is 5.14. The zero-order valence-electron chi connectivity index (χ0n) is 20.2. The summed E-state index contributed by atoms with van der Waals surface area (Å²) in [6.07, 6.45) is 5.66. The van der Waals surface area contributed by atoms with Gasteiger partial charge in [-0.1, -0.05) is 0 Å². The molecule has 0 aromatic rings. The molecule has 5 atom stereocenters. The van der Waals surface area contributed by atoms with Gasteiger partial charge in [0.05, 0.1) is 23.8 Å². The van der Waals surface area contributed by atoms with E-state index in [9.17, 15) is 18.0 Å².